The third kappa shape index (κ3) is 5.69. The van der Waals surface area contributed by atoms with E-state index >= 15 is 0 Å². The summed E-state index contributed by atoms with van der Waals surface area (Å²) < 4.78 is 10.7. The van der Waals surface area contributed by atoms with Gasteiger partial charge in [-0.15, -0.1) is 0 Å². The summed E-state index contributed by atoms with van der Waals surface area (Å²) in [7, 11) is 0. The van der Waals surface area contributed by atoms with Gasteiger partial charge in [0.25, 0.3) is 0 Å². The lowest BCUT2D eigenvalue weighted by atomic mass is 10.1. The van der Waals surface area contributed by atoms with Gasteiger partial charge in [0.1, 0.15) is 5.75 Å². The van der Waals surface area contributed by atoms with E-state index in [1.54, 1.807) is 0 Å². The Morgan fingerprint density at radius 3 is 2.29 bits per heavy atom. The Morgan fingerprint density at radius 1 is 1.00 bits per heavy atom. The van der Waals surface area contributed by atoms with E-state index in [0.717, 1.165) is 12.8 Å². The number of esters is 1. The second-order valence-electron chi connectivity index (χ2n) is 4.93. The number of aryl methyl sites for hydroxylation is 1. The first-order valence-corrected chi connectivity index (χ1v) is 7.15. The smallest absolute Gasteiger partial charge is 0.344 e. The molecule has 3 nitrogen and oxygen atoms in total. The molecule has 0 spiro atoms. The first kappa shape index (κ1) is 15.1. The highest BCUT2D eigenvalue weighted by atomic mass is 16.6. The molecule has 1 atom stereocenters. The molecule has 0 saturated heterocycles. The quantitative estimate of drug-likeness (QED) is 0.728. The van der Waals surface area contributed by atoms with Gasteiger partial charge in [-0.05, 0) is 37.5 Å². The van der Waals surface area contributed by atoms with E-state index in [9.17, 15) is 4.79 Å². The fourth-order valence-corrected chi connectivity index (χ4v) is 1.99. The molecule has 21 heavy (non-hydrogen) atoms. The second kappa shape index (κ2) is 8.10. The van der Waals surface area contributed by atoms with Gasteiger partial charge in [-0.1, -0.05) is 48.5 Å². The molecule has 0 aliphatic rings. The maximum Gasteiger partial charge on any atom is 0.344 e. The summed E-state index contributed by atoms with van der Waals surface area (Å²) >= 11 is 0. The lowest BCUT2D eigenvalue weighted by Crippen LogP contribution is -2.21. The minimum atomic E-state index is -0.334. The van der Waals surface area contributed by atoms with E-state index in [-0.39, 0.29) is 18.7 Å². The molecule has 0 radical (unpaired) electrons. The molecule has 2 aromatic carbocycles. The highest BCUT2D eigenvalue weighted by Gasteiger charge is 2.10. The molecule has 0 saturated carbocycles. The summed E-state index contributed by atoms with van der Waals surface area (Å²) in [6.07, 6.45) is 1.59. The Hall–Kier alpha value is -2.29. The highest BCUT2D eigenvalue weighted by molar-refractivity contribution is 5.71. The predicted octanol–water partition coefficient (Wildman–Crippen LogP) is 3.63. The molecule has 0 fully saturated rings. The van der Waals surface area contributed by atoms with Crippen LogP contribution in [-0.4, -0.2) is 18.7 Å². The largest absolute Gasteiger partial charge is 0.482 e. The molecule has 0 heterocycles. The normalized spacial score (nSPS) is 11.7. The molecule has 0 amide bonds. The van der Waals surface area contributed by atoms with Crippen LogP contribution in [-0.2, 0) is 16.0 Å². The number of hydrogen-bond acceptors (Lipinski definition) is 3. The van der Waals surface area contributed by atoms with E-state index in [0.29, 0.717) is 5.75 Å². The SMILES string of the molecule is C[C@H](CCc1ccccc1)OC(=O)COc1ccccc1. The predicted molar refractivity (Wildman–Crippen MR) is 82.3 cm³/mol. The molecule has 0 aromatic heterocycles. The molecule has 2 rings (SSSR count). The minimum absolute atomic E-state index is 0.0559. The third-order valence-corrected chi connectivity index (χ3v) is 3.11. The summed E-state index contributed by atoms with van der Waals surface area (Å²) in [4.78, 5) is 11.7. The maximum absolute atomic E-state index is 11.7. The topological polar surface area (TPSA) is 35.5 Å². The number of benzene rings is 2. The van der Waals surface area contributed by atoms with Crippen molar-refractivity contribution in [1.82, 2.24) is 0 Å². The summed E-state index contributed by atoms with van der Waals surface area (Å²) in [6.45, 7) is 1.85. The maximum atomic E-state index is 11.7. The lowest BCUT2D eigenvalue weighted by molar-refractivity contribution is -0.150. The lowest BCUT2D eigenvalue weighted by Gasteiger charge is -2.13. The van der Waals surface area contributed by atoms with Crippen LogP contribution in [0.2, 0.25) is 0 Å². The summed E-state index contributed by atoms with van der Waals surface area (Å²) in [5.74, 6) is 0.339. The molecule has 0 N–H and O–H groups in total. The van der Waals surface area contributed by atoms with Gasteiger partial charge in [-0.2, -0.15) is 0 Å². The van der Waals surface area contributed by atoms with E-state index in [2.05, 4.69) is 12.1 Å². The van der Waals surface area contributed by atoms with Crippen LogP contribution in [0.15, 0.2) is 60.7 Å². The number of hydrogen-bond donors (Lipinski definition) is 0. The molecule has 0 aliphatic heterocycles. The van der Waals surface area contributed by atoms with Crippen LogP contribution in [0.25, 0.3) is 0 Å². The molecule has 0 bridgehead atoms. The van der Waals surface area contributed by atoms with Crippen LogP contribution < -0.4 is 4.74 Å². The average Bonchev–Trinajstić information content (AvgIpc) is 2.53. The van der Waals surface area contributed by atoms with Gasteiger partial charge in [-0.3, -0.25) is 0 Å². The Morgan fingerprint density at radius 2 is 1.62 bits per heavy atom. The Balaban J connectivity index is 1.67. The van der Waals surface area contributed by atoms with Crippen LogP contribution >= 0.6 is 0 Å². The fourth-order valence-electron chi connectivity index (χ4n) is 1.99. The average molecular weight is 284 g/mol. The Labute approximate surface area is 125 Å². The first-order chi connectivity index (χ1) is 10.2. The van der Waals surface area contributed by atoms with Gasteiger partial charge < -0.3 is 9.47 Å². The summed E-state index contributed by atoms with van der Waals surface area (Å²) in [5, 5.41) is 0. The van der Waals surface area contributed by atoms with Gasteiger partial charge in [0.15, 0.2) is 6.61 Å². The Kier molecular flexibility index (Phi) is 5.83. The van der Waals surface area contributed by atoms with Crippen LogP contribution in [0, 0.1) is 0 Å². The molecular formula is C18H20O3. The number of carbonyl (C=O) groups is 1. The van der Waals surface area contributed by atoms with E-state index in [4.69, 9.17) is 9.47 Å². The highest BCUT2D eigenvalue weighted by Crippen LogP contribution is 2.10. The second-order valence-corrected chi connectivity index (χ2v) is 4.93. The van der Waals surface area contributed by atoms with E-state index in [1.165, 1.54) is 5.56 Å². The van der Waals surface area contributed by atoms with Crippen LogP contribution in [0.4, 0.5) is 0 Å². The molecule has 110 valence electrons. The monoisotopic (exact) mass is 284 g/mol. The zero-order valence-corrected chi connectivity index (χ0v) is 12.2. The van der Waals surface area contributed by atoms with Crippen molar-refractivity contribution in [2.45, 2.75) is 25.9 Å². The minimum Gasteiger partial charge on any atom is -0.482 e. The first-order valence-electron chi connectivity index (χ1n) is 7.15. The van der Waals surface area contributed by atoms with Crippen molar-refractivity contribution in [2.24, 2.45) is 0 Å². The van der Waals surface area contributed by atoms with E-state index < -0.39 is 0 Å². The van der Waals surface area contributed by atoms with E-state index in [1.807, 2.05) is 55.5 Å². The number of rotatable bonds is 7. The number of para-hydroxylation sites is 1. The van der Waals surface area contributed by atoms with Gasteiger partial charge in [0.2, 0.25) is 0 Å². The number of carbonyl (C=O) groups excluding carboxylic acids is 1. The van der Waals surface area contributed by atoms with Crippen LogP contribution in [0.1, 0.15) is 18.9 Å². The van der Waals surface area contributed by atoms with Gasteiger partial charge >= 0.3 is 5.97 Å². The zero-order chi connectivity index (χ0) is 14.9. The Bertz CT molecular complexity index is 537. The van der Waals surface area contributed by atoms with Gasteiger partial charge in [0, 0.05) is 0 Å². The molecular weight excluding hydrogens is 264 g/mol. The zero-order valence-electron chi connectivity index (χ0n) is 12.2. The van der Waals surface area contributed by atoms with Crippen molar-refractivity contribution in [1.29, 1.82) is 0 Å². The summed E-state index contributed by atoms with van der Waals surface area (Å²) in [6, 6.07) is 19.4. The van der Waals surface area contributed by atoms with Crippen molar-refractivity contribution >= 4 is 5.97 Å². The molecule has 3 heteroatoms. The van der Waals surface area contributed by atoms with Gasteiger partial charge in [-0.25, -0.2) is 4.79 Å². The summed E-state index contributed by atoms with van der Waals surface area (Å²) in [5.41, 5.74) is 1.25. The van der Waals surface area contributed by atoms with Gasteiger partial charge in [0.05, 0.1) is 6.10 Å². The fraction of sp³-hybridized carbons (Fsp3) is 0.278. The van der Waals surface area contributed by atoms with Crippen molar-refractivity contribution in [2.75, 3.05) is 6.61 Å². The van der Waals surface area contributed by atoms with Crippen molar-refractivity contribution in [3.8, 4) is 5.75 Å². The third-order valence-electron chi connectivity index (χ3n) is 3.11. The number of ether oxygens (including phenoxy) is 2. The molecule has 0 aliphatic carbocycles. The van der Waals surface area contributed by atoms with Crippen molar-refractivity contribution in [3.63, 3.8) is 0 Å². The molecule has 0 unspecified atom stereocenters. The van der Waals surface area contributed by atoms with Crippen molar-refractivity contribution < 1.29 is 14.3 Å². The standard InChI is InChI=1S/C18H20O3/c1-15(12-13-16-8-4-2-5-9-16)21-18(19)14-20-17-10-6-3-7-11-17/h2-11,15H,12-14H2,1H3/t15-/m1/s1. The van der Waals surface area contributed by atoms with Crippen molar-refractivity contribution in [3.05, 3.63) is 66.2 Å². The van der Waals surface area contributed by atoms with Crippen LogP contribution in [0.5, 0.6) is 5.75 Å². The van der Waals surface area contributed by atoms with Crippen LogP contribution in [0.3, 0.4) is 0 Å². The molecule has 2 aromatic rings.